The van der Waals surface area contributed by atoms with Crippen molar-refractivity contribution in [1.29, 1.82) is 0 Å². The van der Waals surface area contributed by atoms with E-state index in [4.69, 9.17) is 5.73 Å². The highest BCUT2D eigenvalue weighted by molar-refractivity contribution is 5.37. The Morgan fingerprint density at radius 3 is 2.75 bits per heavy atom. The van der Waals surface area contributed by atoms with Crippen LogP contribution in [0.2, 0.25) is 0 Å². The predicted molar refractivity (Wildman–Crippen MR) is 82.1 cm³/mol. The fraction of sp³-hybridized carbons (Fsp3) is 0.733. The van der Waals surface area contributed by atoms with E-state index in [0.717, 1.165) is 25.9 Å². The molecular weight excluding hydrogens is 252 g/mol. The summed E-state index contributed by atoms with van der Waals surface area (Å²) in [6.45, 7) is 9.87. The minimum atomic E-state index is -0.231. The fourth-order valence-corrected chi connectivity index (χ4v) is 2.82. The number of piperidine rings is 1. The number of rotatable bonds is 2. The van der Waals surface area contributed by atoms with Crippen molar-refractivity contribution in [2.45, 2.75) is 52.1 Å². The molecule has 0 amide bonds. The SMILES string of the molecule is CCC1CN(c2nccn(C(C)(C)C)c2=O)CCC1N. The summed E-state index contributed by atoms with van der Waals surface area (Å²) in [5.74, 6) is 1.00. The van der Waals surface area contributed by atoms with Gasteiger partial charge in [-0.05, 0) is 33.1 Å². The van der Waals surface area contributed by atoms with E-state index in [2.05, 4.69) is 16.8 Å². The van der Waals surface area contributed by atoms with Crippen LogP contribution in [0.15, 0.2) is 17.2 Å². The van der Waals surface area contributed by atoms with Crippen molar-refractivity contribution in [3.05, 3.63) is 22.7 Å². The minimum Gasteiger partial charge on any atom is -0.352 e. The van der Waals surface area contributed by atoms with Crippen molar-refractivity contribution < 1.29 is 0 Å². The quantitative estimate of drug-likeness (QED) is 0.891. The van der Waals surface area contributed by atoms with Gasteiger partial charge in [0.15, 0.2) is 5.82 Å². The van der Waals surface area contributed by atoms with Gasteiger partial charge in [-0.15, -0.1) is 0 Å². The van der Waals surface area contributed by atoms with Crippen LogP contribution in [-0.4, -0.2) is 28.7 Å². The Morgan fingerprint density at radius 2 is 2.15 bits per heavy atom. The standard InChI is InChI=1S/C15H26N4O/c1-5-11-10-18(8-6-12(11)16)13-14(20)19(9-7-17-13)15(2,3)4/h7,9,11-12H,5-6,8,10,16H2,1-4H3. The second-order valence-electron chi connectivity index (χ2n) is 6.66. The molecule has 2 N–H and O–H groups in total. The highest BCUT2D eigenvalue weighted by Crippen LogP contribution is 2.21. The van der Waals surface area contributed by atoms with E-state index in [1.54, 1.807) is 17.0 Å². The summed E-state index contributed by atoms with van der Waals surface area (Å²) in [7, 11) is 0. The maximum atomic E-state index is 12.6. The third-order valence-electron chi connectivity index (χ3n) is 4.16. The molecule has 2 atom stereocenters. The number of aromatic nitrogens is 2. The number of anilines is 1. The van der Waals surface area contributed by atoms with Gasteiger partial charge in [0.2, 0.25) is 0 Å². The Kier molecular flexibility index (Phi) is 4.18. The van der Waals surface area contributed by atoms with Crippen LogP contribution in [0.5, 0.6) is 0 Å². The zero-order valence-corrected chi connectivity index (χ0v) is 13.0. The van der Waals surface area contributed by atoms with Gasteiger partial charge in [-0.25, -0.2) is 4.98 Å². The van der Waals surface area contributed by atoms with E-state index in [-0.39, 0.29) is 17.1 Å². The van der Waals surface area contributed by atoms with Crippen molar-refractivity contribution >= 4 is 5.82 Å². The van der Waals surface area contributed by atoms with Gasteiger partial charge in [0.1, 0.15) is 0 Å². The van der Waals surface area contributed by atoms with E-state index in [0.29, 0.717) is 11.7 Å². The predicted octanol–water partition coefficient (Wildman–Crippen LogP) is 1.56. The summed E-state index contributed by atoms with van der Waals surface area (Å²) >= 11 is 0. The highest BCUT2D eigenvalue weighted by atomic mass is 16.1. The molecule has 0 radical (unpaired) electrons. The van der Waals surface area contributed by atoms with Gasteiger partial charge >= 0.3 is 0 Å². The van der Waals surface area contributed by atoms with Crippen LogP contribution in [0.3, 0.4) is 0 Å². The first-order chi connectivity index (χ1) is 9.34. The van der Waals surface area contributed by atoms with E-state index in [1.165, 1.54) is 0 Å². The Morgan fingerprint density at radius 1 is 1.45 bits per heavy atom. The molecule has 1 saturated heterocycles. The molecule has 1 aliphatic rings. The largest absolute Gasteiger partial charge is 0.352 e. The molecule has 112 valence electrons. The maximum Gasteiger partial charge on any atom is 0.293 e. The molecule has 5 nitrogen and oxygen atoms in total. The zero-order chi connectivity index (χ0) is 14.9. The molecule has 2 heterocycles. The van der Waals surface area contributed by atoms with Crippen LogP contribution in [0, 0.1) is 5.92 Å². The zero-order valence-electron chi connectivity index (χ0n) is 13.0. The van der Waals surface area contributed by atoms with Crippen molar-refractivity contribution in [2.75, 3.05) is 18.0 Å². The molecule has 1 fully saturated rings. The lowest BCUT2D eigenvalue weighted by Crippen LogP contribution is -2.49. The Balaban J connectivity index is 2.32. The Labute approximate surface area is 120 Å². The summed E-state index contributed by atoms with van der Waals surface area (Å²) in [5.41, 5.74) is 5.90. The first-order valence-electron chi connectivity index (χ1n) is 7.43. The third-order valence-corrected chi connectivity index (χ3v) is 4.16. The topological polar surface area (TPSA) is 64.2 Å². The molecule has 2 rings (SSSR count). The third kappa shape index (κ3) is 2.87. The van der Waals surface area contributed by atoms with Crippen LogP contribution in [0.4, 0.5) is 5.82 Å². The van der Waals surface area contributed by atoms with Gasteiger partial charge in [-0.2, -0.15) is 0 Å². The van der Waals surface area contributed by atoms with Crippen LogP contribution in [0.25, 0.3) is 0 Å². The second-order valence-corrected chi connectivity index (χ2v) is 6.66. The lowest BCUT2D eigenvalue weighted by molar-refractivity contribution is 0.342. The Hall–Kier alpha value is -1.36. The molecule has 1 aromatic heterocycles. The summed E-state index contributed by atoms with van der Waals surface area (Å²) in [5, 5.41) is 0. The molecule has 0 aliphatic carbocycles. The monoisotopic (exact) mass is 278 g/mol. The lowest BCUT2D eigenvalue weighted by atomic mass is 9.91. The maximum absolute atomic E-state index is 12.6. The number of nitrogens with zero attached hydrogens (tertiary/aromatic N) is 3. The molecule has 5 heteroatoms. The number of nitrogens with two attached hydrogens (primary N) is 1. The van der Waals surface area contributed by atoms with E-state index >= 15 is 0 Å². The van der Waals surface area contributed by atoms with Crippen LogP contribution >= 0.6 is 0 Å². The molecule has 2 unspecified atom stereocenters. The van der Waals surface area contributed by atoms with E-state index < -0.39 is 0 Å². The molecule has 1 aliphatic heterocycles. The molecule has 0 saturated carbocycles. The molecule has 0 spiro atoms. The molecule has 20 heavy (non-hydrogen) atoms. The smallest absolute Gasteiger partial charge is 0.293 e. The van der Waals surface area contributed by atoms with Crippen molar-refractivity contribution in [2.24, 2.45) is 11.7 Å². The lowest BCUT2D eigenvalue weighted by Gasteiger charge is -2.37. The summed E-state index contributed by atoms with van der Waals surface area (Å²) < 4.78 is 1.75. The van der Waals surface area contributed by atoms with E-state index in [9.17, 15) is 4.79 Å². The second kappa shape index (κ2) is 5.56. The van der Waals surface area contributed by atoms with Gasteiger partial charge in [0.25, 0.3) is 5.56 Å². The summed E-state index contributed by atoms with van der Waals surface area (Å²) in [6, 6.07) is 0.241. The van der Waals surface area contributed by atoms with Crippen LogP contribution in [-0.2, 0) is 5.54 Å². The van der Waals surface area contributed by atoms with Crippen molar-refractivity contribution in [1.82, 2.24) is 9.55 Å². The first-order valence-corrected chi connectivity index (χ1v) is 7.43. The molecule has 0 aromatic carbocycles. The van der Waals surface area contributed by atoms with E-state index in [1.807, 2.05) is 20.8 Å². The molecular formula is C15H26N4O. The van der Waals surface area contributed by atoms with Crippen molar-refractivity contribution in [3.8, 4) is 0 Å². The average Bonchev–Trinajstić information content (AvgIpc) is 2.38. The molecule has 1 aromatic rings. The highest BCUT2D eigenvalue weighted by Gasteiger charge is 2.28. The fourth-order valence-electron chi connectivity index (χ4n) is 2.82. The van der Waals surface area contributed by atoms with Crippen LogP contribution in [0.1, 0.15) is 40.5 Å². The number of hydrogen-bond acceptors (Lipinski definition) is 4. The van der Waals surface area contributed by atoms with Crippen molar-refractivity contribution in [3.63, 3.8) is 0 Å². The first kappa shape index (κ1) is 15.0. The van der Waals surface area contributed by atoms with Gasteiger partial charge in [-0.3, -0.25) is 4.79 Å². The Bertz CT molecular complexity index is 517. The van der Waals surface area contributed by atoms with Gasteiger partial charge in [0, 0.05) is 37.1 Å². The van der Waals surface area contributed by atoms with Gasteiger partial charge < -0.3 is 15.2 Å². The van der Waals surface area contributed by atoms with Gasteiger partial charge in [0.05, 0.1) is 0 Å². The minimum absolute atomic E-state index is 0.00896. The normalized spacial score (nSPS) is 23.9. The van der Waals surface area contributed by atoms with Crippen LogP contribution < -0.4 is 16.2 Å². The number of hydrogen-bond donors (Lipinski definition) is 1. The van der Waals surface area contributed by atoms with Gasteiger partial charge in [-0.1, -0.05) is 13.3 Å². The summed E-state index contributed by atoms with van der Waals surface area (Å²) in [6.07, 6.45) is 5.44. The molecule has 0 bridgehead atoms. The summed E-state index contributed by atoms with van der Waals surface area (Å²) in [4.78, 5) is 19.0. The average molecular weight is 278 g/mol.